The summed E-state index contributed by atoms with van der Waals surface area (Å²) in [5.41, 5.74) is 2.33. The summed E-state index contributed by atoms with van der Waals surface area (Å²) < 4.78 is 31.7. The second-order valence-electron chi connectivity index (χ2n) is 5.89. The number of methoxy groups -OCH3 is 1. The topological polar surface area (TPSA) is 63.6 Å². The first-order chi connectivity index (χ1) is 12.8. The van der Waals surface area contributed by atoms with E-state index in [4.69, 9.17) is 16.3 Å². The number of rotatable bonds is 5. The fourth-order valence-electron chi connectivity index (χ4n) is 2.76. The van der Waals surface area contributed by atoms with Crippen molar-refractivity contribution in [1.29, 1.82) is 0 Å². The van der Waals surface area contributed by atoms with Crippen molar-refractivity contribution in [3.05, 3.63) is 75.7 Å². The first-order valence-electron chi connectivity index (χ1n) is 7.95. The van der Waals surface area contributed by atoms with Gasteiger partial charge in [0, 0.05) is 10.0 Å². The lowest BCUT2D eigenvalue weighted by molar-refractivity contribution is 0.411. The largest absolute Gasteiger partial charge is 0.505 e. The summed E-state index contributed by atoms with van der Waals surface area (Å²) in [5.74, 6) is -0.339. The van der Waals surface area contributed by atoms with Crippen molar-refractivity contribution in [1.82, 2.24) is 0 Å². The van der Waals surface area contributed by atoms with Crippen LogP contribution in [-0.2, 0) is 15.6 Å². The Morgan fingerprint density at radius 3 is 2.41 bits per heavy atom. The highest BCUT2D eigenvalue weighted by molar-refractivity contribution is 9.10. The number of ether oxygens (including phenoxy) is 1. The molecule has 0 heterocycles. The predicted molar refractivity (Wildman–Crippen MR) is 110 cm³/mol. The van der Waals surface area contributed by atoms with Gasteiger partial charge in [-0.25, -0.2) is 8.42 Å². The molecule has 0 aliphatic heterocycles. The number of sulfone groups is 1. The van der Waals surface area contributed by atoms with Gasteiger partial charge < -0.3 is 9.84 Å². The Labute approximate surface area is 171 Å². The molecule has 0 unspecified atom stereocenters. The molecule has 0 radical (unpaired) electrons. The molecule has 140 valence electrons. The Kier molecular flexibility index (Phi) is 5.79. The monoisotopic (exact) mass is 466 g/mol. The van der Waals surface area contributed by atoms with Gasteiger partial charge in [-0.05, 0) is 35.4 Å². The van der Waals surface area contributed by atoms with Crippen LogP contribution in [0.25, 0.3) is 11.1 Å². The van der Waals surface area contributed by atoms with Gasteiger partial charge in [-0.1, -0.05) is 63.9 Å². The van der Waals surface area contributed by atoms with E-state index >= 15 is 0 Å². The van der Waals surface area contributed by atoms with Crippen molar-refractivity contribution < 1.29 is 18.3 Å². The first kappa shape index (κ1) is 19.7. The van der Waals surface area contributed by atoms with Gasteiger partial charge in [0.1, 0.15) is 10.6 Å². The van der Waals surface area contributed by atoms with Gasteiger partial charge in [0.05, 0.1) is 17.9 Å². The maximum Gasteiger partial charge on any atom is 0.186 e. The third-order valence-corrected chi connectivity index (χ3v) is 6.48. The zero-order valence-corrected chi connectivity index (χ0v) is 17.5. The summed E-state index contributed by atoms with van der Waals surface area (Å²) in [5, 5.41) is 10.1. The number of benzene rings is 3. The van der Waals surface area contributed by atoms with E-state index in [1.54, 1.807) is 12.1 Å². The zero-order chi connectivity index (χ0) is 19.6. The quantitative estimate of drug-likeness (QED) is 0.541. The third kappa shape index (κ3) is 4.29. The highest BCUT2D eigenvalue weighted by Gasteiger charge is 2.24. The molecule has 0 aromatic heterocycles. The van der Waals surface area contributed by atoms with Gasteiger partial charge in [-0.3, -0.25) is 0 Å². The van der Waals surface area contributed by atoms with Crippen LogP contribution in [0.1, 0.15) is 5.56 Å². The van der Waals surface area contributed by atoms with E-state index in [0.29, 0.717) is 15.8 Å². The van der Waals surface area contributed by atoms with Crippen molar-refractivity contribution in [2.45, 2.75) is 10.6 Å². The van der Waals surface area contributed by atoms with Crippen LogP contribution in [-0.4, -0.2) is 20.6 Å². The van der Waals surface area contributed by atoms with Crippen LogP contribution in [0.2, 0.25) is 5.02 Å². The normalized spacial score (nSPS) is 11.4. The number of hydrogen-bond donors (Lipinski definition) is 1. The lowest BCUT2D eigenvalue weighted by atomic mass is 10.0. The summed E-state index contributed by atoms with van der Waals surface area (Å²) in [7, 11) is -2.38. The van der Waals surface area contributed by atoms with Crippen molar-refractivity contribution in [2.75, 3.05) is 7.11 Å². The molecule has 0 saturated heterocycles. The number of phenolic OH excluding ortho intramolecular Hbond substituents is 1. The third-order valence-electron chi connectivity index (χ3n) is 4.06. The van der Waals surface area contributed by atoms with Crippen LogP contribution >= 0.6 is 27.5 Å². The summed E-state index contributed by atoms with van der Waals surface area (Å²) >= 11 is 9.13. The fourth-order valence-corrected chi connectivity index (χ4v) is 5.28. The fraction of sp³-hybridized carbons (Fsp3) is 0.100. The van der Waals surface area contributed by atoms with E-state index in [-0.39, 0.29) is 15.7 Å². The average molecular weight is 468 g/mol. The SMILES string of the molecule is COc1ccc(-c2ccccc2)cc1CS(=O)(=O)c1cc(Br)cc(Cl)c1O. The molecule has 0 atom stereocenters. The minimum atomic E-state index is -3.86. The Balaban J connectivity index is 2.06. The molecule has 3 aromatic carbocycles. The Morgan fingerprint density at radius 2 is 1.74 bits per heavy atom. The molecule has 1 N–H and O–H groups in total. The van der Waals surface area contributed by atoms with Gasteiger partial charge in [0.2, 0.25) is 0 Å². The highest BCUT2D eigenvalue weighted by Crippen LogP contribution is 2.37. The molecule has 0 fully saturated rings. The number of phenols is 1. The second-order valence-corrected chi connectivity index (χ2v) is 9.17. The number of hydrogen-bond acceptors (Lipinski definition) is 4. The molecule has 0 saturated carbocycles. The summed E-state index contributed by atoms with van der Waals surface area (Å²) in [6, 6.07) is 17.8. The molecule has 0 spiro atoms. The molecule has 3 rings (SSSR count). The minimum absolute atomic E-state index is 0.0343. The summed E-state index contributed by atoms with van der Waals surface area (Å²) in [6.07, 6.45) is 0. The molecule has 0 bridgehead atoms. The van der Waals surface area contributed by atoms with Crippen LogP contribution in [0, 0.1) is 0 Å². The number of aromatic hydroxyl groups is 1. The Bertz CT molecular complexity index is 1080. The molecule has 4 nitrogen and oxygen atoms in total. The van der Waals surface area contributed by atoms with Crippen molar-refractivity contribution in [3.8, 4) is 22.6 Å². The average Bonchev–Trinajstić information content (AvgIpc) is 2.65. The molecule has 3 aromatic rings. The molecule has 0 aliphatic rings. The van der Waals surface area contributed by atoms with Crippen LogP contribution in [0.4, 0.5) is 0 Å². The van der Waals surface area contributed by atoms with Crippen LogP contribution < -0.4 is 4.74 Å². The summed E-state index contributed by atoms with van der Waals surface area (Å²) in [6.45, 7) is 0. The highest BCUT2D eigenvalue weighted by atomic mass is 79.9. The van der Waals surface area contributed by atoms with Gasteiger partial charge in [-0.15, -0.1) is 0 Å². The van der Waals surface area contributed by atoms with E-state index in [0.717, 1.165) is 11.1 Å². The first-order valence-corrected chi connectivity index (χ1v) is 10.8. The van der Waals surface area contributed by atoms with E-state index in [1.165, 1.54) is 19.2 Å². The Hall–Kier alpha value is -2.02. The van der Waals surface area contributed by atoms with Crippen molar-refractivity contribution in [2.24, 2.45) is 0 Å². The lowest BCUT2D eigenvalue weighted by Gasteiger charge is -2.13. The van der Waals surface area contributed by atoms with Gasteiger partial charge in [-0.2, -0.15) is 0 Å². The smallest absolute Gasteiger partial charge is 0.186 e. The van der Waals surface area contributed by atoms with Gasteiger partial charge in [0.15, 0.2) is 15.6 Å². The molecular weight excluding hydrogens is 452 g/mol. The molecule has 0 aliphatic carbocycles. The van der Waals surface area contributed by atoms with Crippen LogP contribution in [0.3, 0.4) is 0 Å². The van der Waals surface area contributed by atoms with Gasteiger partial charge in [0.25, 0.3) is 0 Å². The standard InChI is InChI=1S/C20H16BrClO4S/c1-26-18-8-7-14(13-5-3-2-4-6-13)9-15(18)12-27(24,25)19-11-16(21)10-17(22)20(19)23/h2-11,23H,12H2,1H3. The molecule has 7 heteroatoms. The van der Waals surface area contributed by atoms with E-state index in [1.807, 2.05) is 36.4 Å². The van der Waals surface area contributed by atoms with Gasteiger partial charge >= 0.3 is 0 Å². The van der Waals surface area contributed by atoms with Crippen molar-refractivity contribution in [3.63, 3.8) is 0 Å². The number of halogens is 2. The van der Waals surface area contributed by atoms with E-state index < -0.39 is 15.6 Å². The molecule has 27 heavy (non-hydrogen) atoms. The van der Waals surface area contributed by atoms with Crippen molar-refractivity contribution >= 4 is 37.4 Å². The predicted octanol–water partition coefficient (Wildman–Crippen LogP) is 5.46. The van der Waals surface area contributed by atoms with Crippen LogP contribution in [0.5, 0.6) is 11.5 Å². The molecular formula is C20H16BrClO4S. The van der Waals surface area contributed by atoms with Crippen LogP contribution in [0.15, 0.2) is 70.0 Å². The molecule has 0 amide bonds. The maximum atomic E-state index is 12.9. The lowest BCUT2D eigenvalue weighted by Crippen LogP contribution is -2.07. The second kappa shape index (κ2) is 7.92. The zero-order valence-electron chi connectivity index (χ0n) is 14.3. The van der Waals surface area contributed by atoms with E-state index in [9.17, 15) is 13.5 Å². The maximum absolute atomic E-state index is 12.9. The Morgan fingerprint density at radius 1 is 1.04 bits per heavy atom. The van der Waals surface area contributed by atoms with E-state index in [2.05, 4.69) is 15.9 Å². The summed E-state index contributed by atoms with van der Waals surface area (Å²) in [4.78, 5) is -0.228. The minimum Gasteiger partial charge on any atom is -0.505 e.